The molecule has 0 bridgehead atoms. The highest BCUT2D eigenvalue weighted by Crippen LogP contribution is 2.38. The summed E-state index contributed by atoms with van der Waals surface area (Å²) in [6, 6.07) is 17.7. The Bertz CT molecular complexity index is 1540. The molecule has 0 spiro atoms. The highest BCUT2D eigenvalue weighted by Gasteiger charge is 2.25. The summed E-state index contributed by atoms with van der Waals surface area (Å²) in [7, 11) is 3.24. The van der Waals surface area contributed by atoms with E-state index in [2.05, 4.69) is 26.8 Å². The molecule has 4 aromatic rings. The fourth-order valence-corrected chi connectivity index (χ4v) is 5.34. The number of hydrogen-bond acceptors (Lipinski definition) is 6. The fraction of sp³-hybridized carbons (Fsp3) is 0.344. The monoisotopic (exact) mass is 574 g/mol. The minimum atomic E-state index is -0.938. The Morgan fingerprint density at radius 1 is 1.00 bits per heavy atom. The standard InChI is InChI=1S/C18H15N3O2.C14H20ClNO2/c19-18(23)17(22)12-3-1-11(2-4-12)13-5-8-16-14(9-13)10-20-21(16)15-6-7-15;1-17-13-10-11(9-12(15)14(13)18-2)5-3-6-16-7-4-8-16/h1-5,8-10,15H,6-7H2,(H2,19,23);9-10H,3-8H2,1-2H3. The maximum atomic E-state index is 11.6. The van der Waals surface area contributed by atoms with Gasteiger partial charge in [0.15, 0.2) is 11.5 Å². The Kier molecular flexibility index (Phi) is 8.90. The number of hydrogen-bond donors (Lipinski definition) is 1. The third kappa shape index (κ3) is 6.72. The van der Waals surface area contributed by atoms with Gasteiger partial charge in [0.2, 0.25) is 5.78 Å². The second-order valence-electron chi connectivity index (χ2n) is 10.5. The molecule has 2 N–H and O–H groups in total. The smallest absolute Gasteiger partial charge is 0.289 e. The number of aryl methyl sites for hydroxylation is 1. The molecule has 2 fully saturated rings. The minimum absolute atomic E-state index is 0.309. The number of methoxy groups -OCH3 is 2. The number of ether oxygens (including phenoxy) is 2. The Labute approximate surface area is 245 Å². The molecule has 8 nitrogen and oxygen atoms in total. The van der Waals surface area contributed by atoms with Gasteiger partial charge in [0.1, 0.15) is 0 Å². The zero-order valence-electron chi connectivity index (χ0n) is 23.4. The van der Waals surface area contributed by atoms with Crippen molar-refractivity contribution < 1.29 is 19.1 Å². The van der Waals surface area contributed by atoms with Gasteiger partial charge in [0.25, 0.3) is 5.91 Å². The van der Waals surface area contributed by atoms with Gasteiger partial charge in [-0.3, -0.25) is 14.3 Å². The van der Waals surface area contributed by atoms with Gasteiger partial charge in [-0.2, -0.15) is 5.10 Å². The molecule has 0 radical (unpaired) electrons. The molecule has 1 aromatic heterocycles. The Morgan fingerprint density at radius 3 is 2.34 bits per heavy atom. The van der Waals surface area contributed by atoms with Crippen LogP contribution < -0.4 is 15.2 Å². The van der Waals surface area contributed by atoms with Crippen LogP contribution in [0, 0.1) is 0 Å². The molecule has 0 atom stereocenters. The van der Waals surface area contributed by atoms with Crippen LogP contribution >= 0.6 is 11.6 Å². The molecular formula is C32H35ClN4O4. The molecule has 214 valence electrons. The van der Waals surface area contributed by atoms with Crippen molar-refractivity contribution in [3.05, 3.63) is 76.9 Å². The number of likely N-dealkylation sites (tertiary alicyclic amines) is 1. The van der Waals surface area contributed by atoms with Gasteiger partial charge in [-0.25, -0.2) is 0 Å². The Balaban J connectivity index is 0.000000170. The number of nitrogens with zero attached hydrogens (tertiary/aromatic N) is 3. The SMILES string of the molecule is COc1cc(CCCN2CCC2)cc(Cl)c1OC.NC(=O)C(=O)c1ccc(-c2ccc3c(cnn3C3CC3)c2)cc1. The predicted octanol–water partition coefficient (Wildman–Crippen LogP) is 5.70. The number of carbonyl (C=O) groups is 2. The lowest BCUT2D eigenvalue weighted by Gasteiger charge is -2.30. The molecule has 1 aliphatic heterocycles. The molecular weight excluding hydrogens is 540 g/mol. The number of rotatable bonds is 10. The van der Waals surface area contributed by atoms with Crippen molar-refractivity contribution in [2.75, 3.05) is 33.9 Å². The van der Waals surface area contributed by atoms with E-state index in [0.29, 0.717) is 28.1 Å². The van der Waals surface area contributed by atoms with Gasteiger partial charge in [0, 0.05) is 10.9 Å². The van der Waals surface area contributed by atoms with Crippen LogP contribution in [0.4, 0.5) is 0 Å². The molecule has 2 aliphatic rings. The number of nitrogens with two attached hydrogens (primary N) is 1. The first-order valence-corrected chi connectivity index (χ1v) is 14.3. The first kappa shape index (κ1) is 28.6. The summed E-state index contributed by atoms with van der Waals surface area (Å²) in [4.78, 5) is 25.0. The summed E-state index contributed by atoms with van der Waals surface area (Å²) in [5.74, 6) is -0.279. The normalized spacial score (nSPS) is 14.6. The van der Waals surface area contributed by atoms with Gasteiger partial charge in [-0.15, -0.1) is 0 Å². The first-order valence-electron chi connectivity index (χ1n) is 13.9. The second kappa shape index (κ2) is 12.7. The number of halogens is 1. The van der Waals surface area contributed by atoms with Crippen molar-refractivity contribution in [3.8, 4) is 22.6 Å². The van der Waals surface area contributed by atoms with Crippen LogP contribution in [0.5, 0.6) is 11.5 Å². The Morgan fingerprint density at radius 2 is 1.73 bits per heavy atom. The Hall–Kier alpha value is -3.88. The third-order valence-electron chi connectivity index (χ3n) is 7.57. The zero-order valence-corrected chi connectivity index (χ0v) is 24.2. The summed E-state index contributed by atoms with van der Waals surface area (Å²) in [5, 5.41) is 6.19. The molecule has 2 heterocycles. The summed E-state index contributed by atoms with van der Waals surface area (Å²) >= 11 is 6.18. The number of Topliss-reactive ketones (excluding diaryl/α,β-unsaturated/α-hetero) is 1. The van der Waals surface area contributed by atoms with Crippen molar-refractivity contribution >= 4 is 34.2 Å². The lowest BCUT2D eigenvalue weighted by molar-refractivity contribution is -0.114. The maximum Gasteiger partial charge on any atom is 0.289 e. The minimum Gasteiger partial charge on any atom is -0.493 e. The van der Waals surface area contributed by atoms with Gasteiger partial charge >= 0.3 is 0 Å². The molecule has 1 amide bonds. The van der Waals surface area contributed by atoms with Gasteiger partial charge in [0.05, 0.1) is 37.0 Å². The van der Waals surface area contributed by atoms with E-state index in [1.165, 1.54) is 44.5 Å². The third-order valence-corrected chi connectivity index (χ3v) is 7.86. The zero-order chi connectivity index (χ0) is 28.9. The molecule has 1 saturated carbocycles. The predicted molar refractivity (Wildman–Crippen MR) is 161 cm³/mol. The van der Waals surface area contributed by atoms with E-state index in [-0.39, 0.29) is 0 Å². The van der Waals surface area contributed by atoms with Crippen molar-refractivity contribution in [1.29, 1.82) is 0 Å². The van der Waals surface area contributed by atoms with Crippen LogP contribution in [0.3, 0.4) is 0 Å². The summed E-state index contributed by atoms with van der Waals surface area (Å²) in [6.07, 6.45) is 7.83. The summed E-state index contributed by atoms with van der Waals surface area (Å²) in [5.41, 5.74) is 9.70. The van der Waals surface area contributed by atoms with E-state index in [1.807, 2.05) is 36.5 Å². The number of amides is 1. The van der Waals surface area contributed by atoms with Crippen LogP contribution in [0.2, 0.25) is 5.02 Å². The average Bonchev–Trinajstić information content (AvgIpc) is 3.72. The topological polar surface area (TPSA) is 99.7 Å². The fourth-order valence-electron chi connectivity index (χ4n) is 5.03. The number of primary amides is 1. The van der Waals surface area contributed by atoms with E-state index < -0.39 is 11.7 Å². The molecule has 3 aromatic carbocycles. The van der Waals surface area contributed by atoms with Gasteiger partial charge in [-0.05, 0) is 92.7 Å². The quantitative estimate of drug-likeness (QED) is 0.193. The molecule has 0 unspecified atom stereocenters. The largest absolute Gasteiger partial charge is 0.493 e. The lowest BCUT2D eigenvalue weighted by Crippen LogP contribution is -2.37. The number of fused-ring (bicyclic) bond motifs is 1. The van der Waals surface area contributed by atoms with Crippen LogP contribution in [-0.2, 0) is 11.2 Å². The van der Waals surface area contributed by atoms with Crippen LogP contribution in [0.25, 0.3) is 22.0 Å². The number of benzene rings is 3. The number of aromatic nitrogens is 2. The lowest BCUT2D eigenvalue weighted by atomic mass is 10.0. The van der Waals surface area contributed by atoms with Gasteiger partial charge in [-0.1, -0.05) is 41.9 Å². The molecule has 9 heteroatoms. The maximum absolute atomic E-state index is 11.6. The van der Waals surface area contributed by atoms with E-state index >= 15 is 0 Å². The van der Waals surface area contributed by atoms with E-state index in [0.717, 1.165) is 34.9 Å². The van der Waals surface area contributed by atoms with Crippen molar-refractivity contribution in [1.82, 2.24) is 14.7 Å². The van der Waals surface area contributed by atoms with E-state index in [9.17, 15) is 9.59 Å². The number of carbonyl (C=O) groups excluding carboxylic acids is 2. The van der Waals surface area contributed by atoms with Crippen LogP contribution in [-0.4, -0.2) is 60.2 Å². The first-order chi connectivity index (χ1) is 19.9. The highest BCUT2D eigenvalue weighted by atomic mass is 35.5. The van der Waals surface area contributed by atoms with E-state index in [4.69, 9.17) is 26.8 Å². The van der Waals surface area contributed by atoms with Crippen LogP contribution in [0.1, 0.15) is 47.6 Å². The number of ketones is 1. The molecule has 41 heavy (non-hydrogen) atoms. The molecule has 6 rings (SSSR count). The summed E-state index contributed by atoms with van der Waals surface area (Å²) < 4.78 is 12.6. The molecule has 1 aliphatic carbocycles. The van der Waals surface area contributed by atoms with Crippen molar-refractivity contribution in [3.63, 3.8) is 0 Å². The highest BCUT2D eigenvalue weighted by molar-refractivity contribution is 6.42. The van der Waals surface area contributed by atoms with Crippen molar-refractivity contribution in [2.24, 2.45) is 5.73 Å². The van der Waals surface area contributed by atoms with E-state index in [1.54, 1.807) is 26.4 Å². The summed E-state index contributed by atoms with van der Waals surface area (Å²) in [6.45, 7) is 3.69. The molecule has 1 saturated heterocycles. The van der Waals surface area contributed by atoms with Gasteiger partial charge < -0.3 is 20.1 Å². The average molecular weight is 575 g/mol. The van der Waals surface area contributed by atoms with Crippen LogP contribution in [0.15, 0.2) is 60.8 Å². The van der Waals surface area contributed by atoms with Crippen molar-refractivity contribution in [2.45, 2.75) is 38.1 Å². The second-order valence-corrected chi connectivity index (χ2v) is 10.9.